The molecule has 2 rings (SSSR count). The van der Waals surface area contributed by atoms with Gasteiger partial charge in [0.15, 0.2) is 0 Å². The van der Waals surface area contributed by atoms with Gasteiger partial charge in [-0.15, -0.1) is 0 Å². The van der Waals surface area contributed by atoms with Gasteiger partial charge in [-0.05, 0) is 12.8 Å². The maximum Gasteiger partial charge on any atom is 0.124 e. The van der Waals surface area contributed by atoms with Crippen molar-refractivity contribution in [3.8, 4) is 11.5 Å². The molecule has 1 aromatic rings. The highest BCUT2D eigenvalue weighted by atomic mass is 16.5. The minimum atomic E-state index is 0.460. The van der Waals surface area contributed by atoms with Gasteiger partial charge in [-0.2, -0.15) is 0 Å². The summed E-state index contributed by atoms with van der Waals surface area (Å²) < 4.78 is 10.8. The van der Waals surface area contributed by atoms with E-state index in [1.807, 2.05) is 6.07 Å². The van der Waals surface area contributed by atoms with Gasteiger partial charge in [0.2, 0.25) is 0 Å². The van der Waals surface area contributed by atoms with Gasteiger partial charge in [-0.1, -0.05) is 20.3 Å². The lowest BCUT2D eigenvalue weighted by atomic mass is 9.95. The fourth-order valence-electron chi connectivity index (χ4n) is 2.87. The van der Waals surface area contributed by atoms with Gasteiger partial charge < -0.3 is 19.7 Å². The molecular formula is C17H28N2O2. The number of hydrogen-bond donors (Lipinski definition) is 1. The van der Waals surface area contributed by atoms with Crippen molar-refractivity contribution in [1.29, 1.82) is 0 Å². The van der Waals surface area contributed by atoms with Gasteiger partial charge in [0.1, 0.15) is 11.5 Å². The summed E-state index contributed by atoms with van der Waals surface area (Å²) in [5, 5.41) is 3.67. The number of nitrogens with one attached hydrogen (secondary N) is 1. The maximum absolute atomic E-state index is 5.40. The van der Waals surface area contributed by atoms with Crippen LogP contribution in [-0.4, -0.2) is 39.4 Å². The molecular weight excluding hydrogens is 264 g/mol. The Balaban J connectivity index is 2.25. The summed E-state index contributed by atoms with van der Waals surface area (Å²) in [5.74, 6) is 2.36. The Morgan fingerprint density at radius 1 is 1.24 bits per heavy atom. The molecule has 0 amide bonds. The Kier molecular flexibility index (Phi) is 5.34. The van der Waals surface area contributed by atoms with E-state index < -0.39 is 0 Å². The zero-order valence-corrected chi connectivity index (χ0v) is 13.8. The predicted molar refractivity (Wildman–Crippen MR) is 87.6 cm³/mol. The second-order valence-corrected chi connectivity index (χ2v) is 5.97. The molecule has 21 heavy (non-hydrogen) atoms. The highest BCUT2D eigenvalue weighted by Gasteiger charge is 2.28. The number of hydrogen-bond acceptors (Lipinski definition) is 4. The first kappa shape index (κ1) is 16.0. The Labute approximate surface area is 128 Å². The monoisotopic (exact) mass is 292 g/mol. The Morgan fingerprint density at radius 3 is 2.38 bits per heavy atom. The van der Waals surface area contributed by atoms with Crippen molar-refractivity contribution in [1.82, 2.24) is 5.32 Å². The number of ether oxygens (including phenoxy) is 2. The number of anilines is 1. The van der Waals surface area contributed by atoms with Crippen molar-refractivity contribution in [3.05, 3.63) is 18.2 Å². The van der Waals surface area contributed by atoms with Crippen LogP contribution in [0.5, 0.6) is 11.5 Å². The lowest BCUT2D eigenvalue weighted by Gasteiger charge is -2.42. The van der Waals surface area contributed by atoms with E-state index in [-0.39, 0.29) is 0 Å². The van der Waals surface area contributed by atoms with E-state index in [1.165, 1.54) is 12.1 Å². The summed E-state index contributed by atoms with van der Waals surface area (Å²) in [6.45, 7) is 8.86. The summed E-state index contributed by atoms with van der Waals surface area (Å²) in [6.07, 6.45) is 1.20. The van der Waals surface area contributed by atoms with Crippen molar-refractivity contribution >= 4 is 5.69 Å². The smallest absolute Gasteiger partial charge is 0.124 e. The minimum Gasteiger partial charge on any atom is -0.497 e. The number of piperazine rings is 1. The predicted octanol–water partition coefficient (Wildman–Crippen LogP) is 2.92. The average Bonchev–Trinajstić information content (AvgIpc) is 2.53. The van der Waals surface area contributed by atoms with Gasteiger partial charge in [0.25, 0.3) is 0 Å². The maximum atomic E-state index is 5.40. The largest absolute Gasteiger partial charge is 0.497 e. The van der Waals surface area contributed by atoms with E-state index in [2.05, 4.69) is 43.1 Å². The second kappa shape index (κ2) is 7.03. The highest BCUT2D eigenvalue weighted by Crippen LogP contribution is 2.31. The summed E-state index contributed by atoms with van der Waals surface area (Å²) in [7, 11) is 3.39. The van der Waals surface area contributed by atoms with Gasteiger partial charge >= 0.3 is 0 Å². The molecule has 1 aliphatic heterocycles. The molecule has 4 heteroatoms. The molecule has 1 N–H and O–H groups in total. The average molecular weight is 292 g/mol. The molecule has 0 spiro atoms. The van der Waals surface area contributed by atoms with Crippen LogP contribution in [0.15, 0.2) is 18.2 Å². The van der Waals surface area contributed by atoms with E-state index in [1.54, 1.807) is 14.2 Å². The van der Waals surface area contributed by atoms with Crippen LogP contribution in [0.1, 0.15) is 27.2 Å². The summed E-state index contributed by atoms with van der Waals surface area (Å²) >= 11 is 0. The Bertz CT molecular complexity index is 442. The lowest BCUT2D eigenvalue weighted by Crippen LogP contribution is -2.57. The molecule has 0 saturated carbocycles. The third kappa shape index (κ3) is 3.62. The van der Waals surface area contributed by atoms with Gasteiger partial charge in [-0.25, -0.2) is 0 Å². The van der Waals surface area contributed by atoms with E-state index in [9.17, 15) is 0 Å². The normalized spacial score (nSPS) is 23.8. The van der Waals surface area contributed by atoms with Crippen LogP contribution in [0, 0.1) is 5.92 Å². The molecule has 0 radical (unpaired) electrons. The molecule has 0 aliphatic carbocycles. The molecule has 1 fully saturated rings. The molecule has 0 bridgehead atoms. The second-order valence-electron chi connectivity index (χ2n) is 5.97. The van der Waals surface area contributed by atoms with Crippen molar-refractivity contribution < 1.29 is 9.47 Å². The van der Waals surface area contributed by atoms with Crippen LogP contribution in [-0.2, 0) is 0 Å². The highest BCUT2D eigenvalue weighted by molar-refractivity contribution is 5.56. The van der Waals surface area contributed by atoms with Crippen LogP contribution in [0.2, 0.25) is 0 Å². The Morgan fingerprint density at radius 2 is 1.86 bits per heavy atom. The SMILES string of the molecule is CCC(C)C1CN(c2cc(OC)cc(OC)c2)C(C)CN1. The fourth-order valence-corrected chi connectivity index (χ4v) is 2.87. The van der Waals surface area contributed by atoms with Crippen LogP contribution in [0.3, 0.4) is 0 Å². The van der Waals surface area contributed by atoms with Crippen molar-refractivity contribution in [2.45, 2.75) is 39.3 Å². The zero-order chi connectivity index (χ0) is 15.4. The third-order valence-corrected chi connectivity index (χ3v) is 4.60. The molecule has 4 nitrogen and oxygen atoms in total. The minimum absolute atomic E-state index is 0.460. The lowest BCUT2D eigenvalue weighted by molar-refractivity contribution is 0.315. The van der Waals surface area contributed by atoms with Gasteiger partial charge in [-0.3, -0.25) is 0 Å². The summed E-state index contributed by atoms with van der Waals surface area (Å²) in [5.41, 5.74) is 1.17. The number of benzene rings is 1. The van der Waals surface area contributed by atoms with Crippen LogP contribution >= 0.6 is 0 Å². The van der Waals surface area contributed by atoms with Crippen molar-refractivity contribution in [2.24, 2.45) is 5.92 Å². The van der Waals surface area contributed by atoms with Crippen LogP contribution in [0.4, 0.5) is 5.69 Å². The quantitative estimate of drug-likeness (QED) is 0.905. The van der Waals surface area contributed by atoms with Crippen LogP contribution in [0.25, 0.3) is 0 Å². The third-order valence-electron chi connectivity index (χ3n) is 4.60. The van der Waals surface area contributed by atoms with Gasteiger partial charge in [0.05, 0.1) is 14.2 Å². The molecule has 118 valence electrons. The Hall–Kier alpha value is -1.42. The summed E-state index contributed by atoms with van der Waals surface area (Å²) in [6, 6.07) is 7.10. The standard InChI is InChI=1S/C17H28N2O2/c1-6-12(2)17-11-19(13(3)10-18-17)14-7-15(20-4)9-16(8-14)21-5/h7-9,12-13,17-18H,6,10-11H2,1-5H3. The molecule has 3 atom stereocenters. The zero-order valence-electron chi connectivity index (χ0n) is 13.8. The molecule has 1 aliphatic rings. The number of methoxy groups -OCH3 is 2. The topological polar surface area (TPSA) is 33.7 Å². The van der Waals surface area contributed by atoms with E-state index in [0.29, 0.717) is 18.0 Å². The summed E-state index contributed by atoms with van der Waals surface area (Å²) in [4.78, 5) is 2.46. The number of rotatable bonds is 5. The first-order valence-corrected chi connectivity index (χ1v) is 7.82. The molecule has 3 unspecified atom stereocenters. The van der Waals surface area contributed by atoms with E-state index in [4.69, 9.17) is 9.47 Å². The van der Waals surface area contributed by atoms with Gasteiger partial charge in [0, 0.05) is 49.1 Å². The molecule has 0 aromatic heterocycles. The van der Waals surface area contributed by atoms with Crippen molar-refractivity contribution in [3.63, 3.8) is 0 Å². The van der Waals surface area contributed by atoms with E-state index in [0.717, 1.165) is 24.6 Å². The molecule has 1 saturated heterocycles. The first-order chi connectivity index (χ1) is 10.1. The first-order valence-electron chi connectivity index (χ1n) is 7.82. The van der Waals surface area contributed by atoms with E-state index >= 15 is 0 Å². The van der Waals surface area contributed by atoms with Crippen molar-refractivity contribution in [2.75, 3.05) is 32.2 Å². The number of nitrogens with zero attached hydrogens (tertiary/aromatic N) is 1. The molecule has 1 heterocycles. The fraction of sp³-hybridized carbons (Fsp3) is 0.647. The van der Waals surface area contributed by atoms with Crippen LogP contribution < -0.4 is 19.7 Å². The molecule has 1 aromatic carbocycles.